The number of anilines is 1. The lowest BCUT2D eigenvalue weighted by Gasteiger charge is -2.36. The van der Waals surface area contributed by atoms with Crippen molar-refractivity contribution < 1.29 is 18.7 Å². The van der Waals surface area contributed by atoms with Crippen LogP contribution in [0.5, 0.6) is 11.5 Å². The summed E-state index contributed by atoms with van der Waals surface area (Å²) in [5.41, 5.74) is 1.62. The van der Waals surface area contributed by atoms with Crippen molar-refractivity contribution >= 4 is 22.6 Å². The standard InChI is InChI=1S/C28H34FN5O3/c1-36-25-18-23-24(19-26(25)37-16-4-11-32-9-2-3-10-32)30-20-31-28(23)34-14-12-33(13-15-34)27(35)17-21-5-7-22(29)8-6-21/h5-8,18-20H,2-4,9-17H2,1H3. The first-order chi connectivity index (χ1) is 18.1. The molecule has 2 aromatic carbocycles. The molecule has 0 unspecified atom stereocenters. The van der Waals surface area contributed by atoms with Gasteiger partial charge in [-0.15, -0.1) is 0 Å². The Morgan fingerprint density at radius 1 is 0.973 bits per heavy atom. The van der Waals surface area contributed by atoms with Gasteiger partial charge in [-0.3, -0.25) is 4.79 Å². The average molecular weight is 508 g/mol. The van der Waals surface area contributed by atoms with E-state index >= 15 is 0 Å². The Kier molecular flexibility index (Phi) is 7.99. The molecule has 0 atom stereocenters. The minimum Gasteiger partial charge on any atom is -0.493 e. The van der Waals surface area contributed by atoms with Gasteiger partial charge in [-0.1, -0.05) is 12.1 Å². The number of fused-ring (bicyclic) bond motifs is 1. The SMILES string of the molecule is COc1cc2c(N3CCN(C(=O)Cc4ccc(F)cc4)CC3)ncnc2cc1OCCCN1CCCC1. The first kappa shape index (κ1) is 25.2. The summed E-state index contributed by atoms with van der Waals surface area (Å²) in [7, 11) is 1.65. The summed E-state index contributed by atoms with van der Waals surface area (Å²) >= 11 is 0. The van der Waals surface area contributed by atoms with Crippen LogP contribution in [-0.4, -0.2) is 85.2 Å². The number of amides is 1. The summed E-state index contributed by atoms with van der Waals surface area (Å²) in [5, 5.41) is 0.898. The summed E-state index contributed by atoms with van der Waals surface area (Å²) in [6.07, 6.45) is 5.41. The Hall–Kier alpha value is -3.46. The molecule has 0 N–H and O–H groups in total. The molecule has 3 heterocycles. The van der Waals surface area contributed by atoms with E-state index in [0.717, 1.165) is 35.2 Å². The molecule has 0 spiro atoms. The van der Waals surface area contributed by atoms with E-state index in [0.29, 0.717) is 44.3 Å². The number of likely N-dealkylation sites (tertiary alicyclic amines) is 1. The number of hydrogen-bond donors (Lipinski definition) is 0. The predicted octanol–water partition coefficient (Wildman–Crippen LogP) is 3.53. The average Bonchev–Trinajstić information content (AvgIpc) is 3.45. The van der Waals surface area contributed by atoms with Crippen LogP contribution in [-0.2, 0) is 11.2 Å². The first-order valence-electron chi connectivity index (χ1n) is 13.1. The number of rotatable bonds is 9. The molecule has 0 aliphatic carbocycles. The number of ether oxygens (including phenoxy) is 2. The van der Waals surface area contributed by atoms with Crippen molar-refractivity contribution in [2.24, 2.45) is 0 Å². The van der Waals surface area contributed by atoms with Gasteiger partial charge in [0.25, 0.3) is 0 Å². The highest BCUT2D eigenvalue weighted by Gasteiger charge is 2.24. The third-order valence-electron chi connectivity index (χ3n) is 7.18. The molecule has 0 saturated carbocycles. The topological polar surface area (TPSA) is 71.0 Å². The number of benzene rings is 2. The van der Waals surface area contributed by atoms with E-state index in [2.05, 4.69) is 19.8 Å². The molecule has 3 aromatic rings. The van der Waals surface area contributed by atoms with Gasteiger partial charge in [0.05, 0.1) is 25.7 Å². The summed E-state index contributed by atoms with van der Waals surface area (Å²) < 4.78 is 24.9. The monoisotopic (exact) mass is 507 g/mol. The van der Waals surface area contributed by atoms with Gasteiger partial charge in [0, 0.05) is 44.2 Å². The molecular formula is C28H34FN5O3. The highest BCUT2D eigenvalue weighted by atomic mass is 19.1. The van der Waals surface area contributed by atoms with Crippen molar-refractivity contribution in [2.75, 3.05) is 64.4 Å². The van der Waals surface area contributed by atoms with Crippen LogP contribution in [0.3, 0.4) is 0 Å². The van der Waals surface area contributed by atoms with E-state index in [1.54, 1.807) is 25.6 Å². The van der Waals surface area contributed by atoms with Crippen LogP contribution in [0.25, 0.3) is 10.9 Å². The number of piperazine rings is 1. The maximum absolute atomic E-state index is 13.2. The summed E-state index contributed by atoms with van der Waals surface area (Å²) in [4.78, 5) is 28.4. The third kappa shape index (κ3) is 6.10. The zero-order valence-electron chi connectivity index (χ0n) is 21.4. The van der Waals surface area contributed by atoms with Gasteiger partial charge in [-0.25, -0.2) is 14.4 Å². The quantitative estimate of drug-likeness (QED) is 0.411. The third-order valence-corrected chi connectivity index (χ3v) is 7.18. The van der Waals surface area contributed by atoms with Gasteiger partial charge in [-0.05, 0) is 56.1 Å². The number of methoxy groups -OCH3 is 1. The molecule has 2 fully saturated rings. The van der Waals surface area contributed by atoms with Crippen molar-refractivity contribution in [3.05, 3.63) is 54.1 Å². The van der Waals surface area contributed by atoms with Crippen molar-refractivity contribution in [3.63, 3.8) is 0 Å². The fourth-order valence-electron chi connectivity index (χ4n) is 5.11. The van der Waals surface area contributed by atoms with Gasteiger partial charge in [-0.2, -0.15) is 0 Å². The zero-order chi connectivity index (χ0) is 25.6. The van der Waals surface area contributed by atoms with Crippen molar-refractivity contribution in [3.8, 4) is 11.5 Å². The molecular weight excluding hydrogens is 473 g/mol. The summed E-state index contributed by atoms with van der Waals surface area (Å²) in [6, 6.07) is 9.98. The van der Waals surface area contributed by atoms with Crippen molar-refractivity contribution in [1.29, 1.82) is 0 Å². The number of halogens is 1. The van der Waals surface area contributed by atoms with Crippen LogP contribution < -0.4 is 14.4 Å². The zero-order valence-corrected chi connectivity index (χ0v) is 21.4. The van der Waals surface area contributed by atoms with Gasteiger partial charge >= 0.3 is 0 Å². The smallest absolute Gasteiger partial charge is 0.227 e. The van der Waals surface area contributed by atoms with Gasteiger partial charge in [0.1, 0.15) is 18.0 Å². The highest BCUT2D eigenvalue weighted by molar-refractivity contribution is 5.92. The molecule has 0 radical (unpaired) electrons. The number of carbonyl (C=O) groups excluding carboxylic acids is 1. The van der Waals surface area contributed by atoms with Crippen molar-refractivity contribution in [2.45, 2.75) is 25.7 Å². The molecule has 1 amide bonds. The van der Waals surface area contributed by atoms with E-state index in [4.69, 9.17) is 9.47 Å². The molecule has 5 rings (SSSR count). The van der Waals surface area contributed by atoms with Crippen LogP contribution in [0, 0.1) is 5.82 Å². The molecule has 2 aliphatic rings. The maximum atomic E-state index is 13.2. The Morgan fingerprint density at radius 3 is 2.46 bits per heavy atom. The minimum atomic E-state index is -0.297. The fourth-order valence-corrected chi connectivity index (χ4v) is 5.11. The molecule has 196 valence electrons. The molecule has 8 nitrogen and oxygen atoms in total. The van der Waals surface area contributed by atoms with E-state index in [1.807, 2.05) is 17.0 Å². The number of carbonyl (C=O) groups is 1. The molecule has 9 heteroatoms. The second-order valence-electron chi connectivity index (χ2n) is 9.64. The van der Waals surface area contributed by atoms with E-state index in [1.165, 1.54) is 38.1 Å². The molecule has 37 heavy (non-hydrogen) atoms. The van der Waals surface area contributed by atoms with Gasteiger partial charge in [0.2, 0.25) is 5.91 Å². The lowest BCUT2D eigenvalue weighted by atomic mass is 10.1. The lowest BCUT2D eigenvalue weighted by Crippen LogP contribution is -2.49. The number of nitrogens with zero attached hydrogens (tertiary/aromatic N) is 5. The second-order valence-corrected chi connectivity index (χ2v) is 9.64. The van der Waals surface area contributed by atoms with E-state index < -0.39 is 0 Å². The van der Waals surface area contributed by atoms with Crippen LogP contribution in [0.1, 0.15) is 24.8 Å². The summed E-state index contributed by atoms with van der Waals surface area (Å²) in [6.45, 7) is 6.59. The van der Waals surface area contributed by atoms with E-state index in [9.17, 15) is 9.18 Å². The highest BCUT2D eigenvalue weighted by Crippen LogP contribution is 2.35. The van der Waals surface area contributed by atoms with Crippen molar-refractivity contribution in [1.82, 2.24) is 19.8 Å². The van der Waals surface area contributed by atoms with Crippen LogP contribution in [0.4, 0.5) is 10.2 Å². The van der Waals surface area contributed by atoms with Gasteiger partial charge in [0.15, 0.2) is 11.5 Å². The van der Waals surface area contributed by atoms with Crippen LogP contribution >= 0.6 is 0 Å². The lowest BCUT2D eigenvalue weighted by molar-refractivity contribution is -0.130. The van der Waals surface area contributed by atoms with Gasteiger partial charge < -0.3 is 24.2 Å². The van der Waals surface area contributed by atoms with Crippen LogP contribution in [0.15, 0.2) is 42.7 Å². The first-order valence-corrected chi connectivity index (χ1v) is 13.1. The Morgan fingerprint density at radius 2 is 1.73 bits per heavy atom. The maximum Gasteiger partial charge on any atom is 0.227 e. The Labute approximate surface area is 217 Å². The molecule has 2 saturated heterocycles. The molecule has 2 aliphatic heterocycles. The largest absolute Gasteiger partial charge is 0.493 e. The second kappa shape index (κ2) is 11.7. The van der Waals surface area contributed by atoms with Crippen LogP contribution in [0.2, 0.25) is 0 Å². The molecule has 1 aromatic heterocycles. The number of hydrogen-bond acceptors (Lipinski definition) is 7. The normalized spacial score (nSPS) is 16.4. The molecule has 0 bridgehead atoms. The Bertz CT molecular complexity index is 1210. The predicted molar refractivity (Wildman–Crippen MR) is 141 cm³/mol. The van der Waals surface area contributed by atoms with E-state index in [-0.39, 0.29) is 18.1 Å². The minimum absolute atomic E-state index is 0.0481. The Balaban J connectivity index is 1.22. The summed E-state index contributed by atoms with van der Waals surface area (Å²) in [5.74, 6) is 1.94. The fraction of sp³-hybridized carbons (Fsp3) is 0.464. The number of aromatic nitrogens is 2.